The first-order valence-electron chi connectivity index (χ1n) is 6.15. The molecule has 0 fully saturated rings. The zero-order valence-corrected chi connectivity index (χ0v) is 11.2. The van der Waals surface area contributed by atoms with Gasteiger partial charge in [-0.15, -0.1) is 0 Å². The van der Waals surface area contributed by atoms with Gasteiger partial charge < -0.3 is 4.74 Å². The topological polar surface area (TPSA) is 26.3 Å². The minimum atomic E-state index is -0.737. The molecule has 0 aliphatic heterocycles. The van der Waals surface area contributed by atoms with Crippen LogP contribution in [0.15, 0.2) is 36.4 Å². The first-order valence-corrected chi connectivity index (χ1v) is 6.15. The molecular weight excluding hydrogens is 262 g/mol. The molecule has 104 valence electrons. The number of carbonyl (C=O) groups is 1. The van der Waals surface area contributed by atoms with Gasteiger partial charge in [-0.3, -0.25) is 4.79 Å². The van der Waals surface area contributed by atoms with Crippen molar-refractivity contribution < 1.29 is 18.3 Å². The number of Topliss-reactive ketones (excluding diaryl/α,β-unsaturated/α-hetero) is 1. The Hall–Kier alpha value is -2.23. The number of halogens is 2. The monoisotopic (exact) mass is 276 g/mol. The van der Waals surface area contributed by atoms with E-state index >= 15 is 0 Å². The summed E-state index contributed by atoms with van der Waals surface area (Å²) in [5.41, 5.74) is 2.62. The highest BCUT2D eigenvalue weighted by molar-refractivity contribution is 5.97. The van der Waals surface area contributed by atoms with Crippen molar-refractivity contribution in [2.75, 3.05) is 6.61 Å². The molecule has 0 aliphatic rings. The Kier molecular flexibility index (Phi) is 4.13. The normalized spacial score (nSPS) is 10.4. The molecule has 2 nitrogen and oxygen atoms in total. The third kappa shape index (κ3) is 3.41. The van der Waals surface area contributed by atoms with Crippen LogP contribution in [0.25, 0.3) is 0 Å². The van der Waals surface area contributed by atoms with Crippen LogP contribution in [-0.2, 0) is 0 Å². The average molecular weight is 276 g/mol. The highest BCUT2D eigenvalue weighted by atomic mass is 19.1. The molecule has 2 aromatic rings. The minimum absolute atomic E-state index is 0.000293. The van der Waals surface area contributed by atoms with Crippen LogP contribution in [0.4, 0.5) is 8.78 Å². The van der Waals surface area contributed by atoms with Crippen molar-refractivity contribution in [1.29, 1.82) is 0 Å². The number of carbonyl (C=O) groups excluding carboxylic acids is 1. The van der Waals surface area contributed by atoms with Crippen molar-refractivity contribution in [3.8, 4) is 5.75 Å². The smallest absolute Gasteiger partial charge is 0.200 e. The number of ketones is 1. The molecule has 0 saturated carbocycles. The van der Waals surface area contributed by atoms with Crippen molar-refractivity contribution in [2.24, 2.45) is 0 Å². The Morgan fingerprint density at radius 1 is 1.00 bits per heavy atom. The van der Waals surface area contributed by atoms with Gasteiger partial charge >= 0.3 is 0 Å². The van der Waals surface area contributed by atoms with Gasteiger partial charge in [0.25, 0.3) is 0 Å². The van der Waals surface area contributed by atoms with Crippen molar-refractivity contribution in [3.63, 3.8) is 0 Å². The summed E-state index contributed by atoms with van der Waals surface area (Å²) in [6, 6.07) is 8.16. The van der Waals surface area contributed by atoms with Gasteiger partial charge in [0.05, 0.1) is 0 Å². The van der Waals surface area contributed by atoms with E-state index in [2.05, 4.69) is 0 Å². The molecule has 0 radical (unpaired) electrons. The largest absolute Gasteiger partial charge is 0.485 e. The molecule has 2 aromatic carbocycles. The van der Waals surface area contributed by atoms with Gasteiger partial charge in [0.2, 0.25) is 0 Å². The van der Waals surface area contributed by atoms with E-state index in [1.165, 1.54) is 0 Å². The van der Waals surface area contributed by atoms with Gasteiger partial charge in [0.1, 0.15) is 17.4 Å². The number of rotatable bonds is 4. The Morgan fingerprint density at radius 2 is 1.65 bits per heavy atom. The van der Waals surface area contributed by atoms with Crippen LogP contribution in [0.2, 0.25) is 0 Å². The highest BCUT2D eigenvalue weighted by Crippen LogP contribution is 2.16. The van der Waals surface area contributed by atoms with Crippen molar-refractivity contribution in [2.45, 2.75) is 13.8 Å². The fourth-order valence-electron chi connectivity index (χ4n) is 1.76. The second-order valence-electron chi connectivity index (χ2n) is 4.62. The maximum atomic E-state index is 13.0. The van der Waals surface area contributed by atoms with Gasteiger partial charge in [0.15, 0.2) is 12.4 Å². The predicted molar refractivity (Wildman–Crippen MR) is 72.1 cm³/mol. The first-order chi connectivity index (χ1) is 9.45. The molecule has 0 atom stereocenters. The third-order valence-electron chi connectivity index (χ3n) is 3.03. The van der Waals surface area contributed by atoms with Crippen LogP contribution in [0.5, 0.6) is 5.75 Å². The molecule has 0 aliphatic carbocycles. The Labute approximate surface area is 116 Å². The number of benzene rings is 2. The SMILES string of the molecule is Cc1ccc(C(=O)COc2cc(F)cc(F)c2)cc1C. The number of ether oxygens (including phenoxy) is 1. The molecule has 0 amide bonds. The number of aryl methyl sites for hydroxylation is 2. The van der Waals surface area contributed by atoms with Gasteiger partial charge in [-0.2, -0.15) is 0 Å². The van der Waals surface area contributed by atoms with E-state index in [0.29, 0.717) is 5.56 Å². The summed E-state index contributed by atoms with van der Waals surface area (Å²) in [6.07, 6.45) is 0. The van der Waals surface area contributed by atoms with E-state index in [4.69, 9.17) is 4.74 Å². The van der Waals surface area contributed by atoms with Crippen LogP contribution >= 0.6 is 0 Å². The fraction of sp³-hybridized carbons (Fsp3) is 0.188. The fourth-order valence-corrected chi connectivity index (χ4v) is 1.76. The molecular formula is C16H14F2O2. The second-order valence-corrected chi connectivity index (χ2v) is 4.62. The van der Waals surface area contributed by atoms with E-state index in [9.17, 15) is 13.6 Å². The molecule has 20 heavy (non-hydrogen) atoms. The van der Waals surface area contributed by atoms with Crippen LogP contribution in [-0.4, -0.2) is 12.4 Å². The summed E-state index contributed by atoms with van der Waals surface area (Å²) in [7, 11) is 0. The average Bonchev–Trinajstić information content (AvgIpc) is 2.38. The summed E-state index contributed by atoms with van der Waals surface area (Å²) in [4.78, 5) is 11.9. The summed E-state index contributed by atoms with van der Waals surface area (Å²) in [5, 5.41) is 0. The van der Waals surface area contributed by atoms with Crippen LogP contribution in [0.3, 0.4) is 0 Å². The lowest BCUT2D eigenvalue weighted by atomic mass is 10.0. The molecule has 0 heterocycles. The van der Waals surface area contributed by atoms with Gasteiger partial charge in [-0.25, -0.2) is 8.78 Å². The quantitative estimate of drug-likeness (QED) is 0.793. The highest BCUT2D eigenvalue weighted by Gasteiger charge is 2.09. The number of hydrogen-bond acceptors (Lipinski definition) is 2. The predicted octanol–water partition coefficient (Wildman–Crippen LogP) is 3.84. The third-order valence-corrected chi connectivity index (χ3v) is 3.03. The maximum absolute atomic E-state index is 13.0. The lowest BCUT2D eigenvalue weighted by Crippen LogP contribution is -2.12. The summed E-state index contributed by atoms with van der Waals surface area (Å²) in [6.45, 7) is 3.61. The van der Waals surface area contributed by atoms with E-state index in [0.717, 1.165) is 29.3 Å². The molecule has 0 aromatic heterocycles. The maximum Gasteiger partial charge on any atom is 0.200 e. The number of hydrogen-bond donors (Lipinski definition) is 0. The lowest BCUT2D eigenvalue weighted by Gasteiger charge is -2.07. The van der Waals surface area contributed by atoms with Gasteiger partial charge in [-0.1, -0.05) is 12.1 Å². The molecule has 2 rings (SSSR count). The van der Waals surface area contributed by atoms with Crippen LogP contribution in [0.1, 0.15) is 21.5 Å². The standard InChI is InChI=1S/C16H14F2O2/c1-10-3-4-12(5-11(10)2)16(19)9-20-15-7-13(17)6-14(18)8-15/h3-8H,9H2,1-2H3. The van der Waals surface area contributed by atoms with Crippen molar-refractivity contribution >= 4 is 5.78 Å². The Morgan fingerprint density at radius 3 is 2.25 bits per heavy atom. The van der Waals surface area contributed by atoms with Crippen LogP contribution in [0, 0.1) is 25.5 Å². The lowest BCUT2D eigenvalue weighted by molar-refractivity contribution is 0.0921. The van der Waals surface area contributed by atoms with E-state index in [1.54, 1.807) is 12.1 Å². The van der Waals surface area contributed by atoms with E-state index < -0.39 is 11.6 Å². The van der Waals surface area contributed by atoms with Crippen molar-refractivity contribution in [1.82, 2.24) is 0 Å². The summed E-state index contributed by atoms with van der Waals surface area (Å²) < 4.78 is 31.1. The molecule has 0 spiro atoms. The summed E-state index contributed by atoms with van der Waals surface area (Å²) in [5.74, 6) is -1.71. The van der Waals surface area contributed by atoms with E-state index in [1.807, 2.05) is 19.9 Å². The minimum Gasteiger partial charge on any atom is -0.485 e. The zero-order chi connectivity index (χ0) is 14.7. The van der Waals surface area contributed by atoms with Gasteiger partial charge in [-0.05, 0) is 31.0 Å². The summed E-state index contributed by atoms with van der Waals surface area (Å²) >= 11 is 0. The molecule has 0 bridgehead atoms. The first kappa shape index (κ1) is 14.2. The Balaban J connectivity index is 2.06. The molecule has 0 N–H and O–H groups in total. The second kappa shape index (κ2) is 5.82. The van der Waals surface area contributed by atoms with Crippen molar-refractivity contribution in [3.05, 3.63) is 64.7 Å². The molecule has 4 heteroatoms. The molecule has 0 unspecified atom stereocenters. The van der Waals surface area contributed by atoms with Crippen LogP contribution < -0.4 is 4.74 Å². The molecule has 0 saturated heterocycles. The van der Waals surface area contributed by atoms with E-state index in [-0.39, 0.29) is 18.1 Å². The zero-order valence-electron chi connectivity index (χ0n) is 11.2. The van der Waals surface area contributed by atoms with Gasteiger partial charge in [0, 0.05) is 23.8 Å². The Bertz CT molecular complexity index is 631.